The molecule has 3 aromatic rings. The molecule has 1 aliphatic heterocycles. The van der Waals surface area contributed by atoms with Crippen molar-refractivity contribution in [1.82, 2.24) is 24.7 Å². The van der Waals surface area contributed by atoms with Gasteiger partial charge in [0.2, 0.25) is 5.95 Å². The second-order valence-electron chi connectivity index (χ2n) is 8.74. The van der Waals surface area contributed by atoms with Gasteiger partial charge < -0.3 is 15.0 Å². The number of piperidine rings is 1. The first-order valence-electron chi connectivity index (χ1n) is 11.0. The Morgan fingerprint density at radius 2 is 1.88 bits per heavy atom. The van der Waals surface area contributed by atoms with Gasteiger partial charge in [-0.3, -0.25) is 0 Å². The summed E-state index contributed by atoms with van der Waals surface area (Å²) >= 11 is 0. The number of alkyl halides is 3. The Balaban J connectivity index is 1.34. The van der Waals surface area contributed by atoms with Crippen molar-refractivity contribution in [2.45, 2.75) is 38.5 Å². The van der Waals surface area contributed by atoms with Gasteiger partial charge in [-0.15, -0.1) is 5.10 Å². The molecular formula is C22H23F4N7O. The number of hydrogen-bond acceptors (Lipinski definition) is 7. The molecule has 180 valence electrons. The zero-order chi connectivity index (χ0) is 23.9. The lowest BCUT2D eigenvalue weighted by Gasteiger charge is -2.38. The fourth-order valence-corrected chi connectivity index (χ4v) is 4.78. The summed E-state index contributed by atoms with van der Waals surface area (Å²) in [5, 5.41) is 7.26. The van der Waals surface area contributed by atoms with Crippen molar-refractivity contribution in [1.29, 1.82) is 0 Å². The van der Waals surface area contributed by atoms with Crippen molar-refractivity contribution in [3.05, 3.63) is 48.2 Å². The van der Waals surface area contributed by atoms with Crippen LogP contribution in [0, 0.1) is 24.6 Å². The summed E-state index contributed by atoms with van der Waals surface area (Å²) in [4.78, 5) is 14.9. The molecule has 2 bridgehead atoms. The number of rotatable bonds is 6. The van der Waals surface area contributed by atoms with Crippen LogP contribution in [0.4, 0.5) is 29.3 Å². The monoisotopic (exact) mass is 477 g/mol. The quantitative estimate of drug-likeness (QED) is 0.533. The van der Waals surface area contributed by atoms with Crippen LogP contribution in [0.1, 0.15) is 18.5 Å². The van der Waals surface area contributed by atoms with Gasteiger partial charge in [0.1, 0.15) is 30.3 Å². The number of ether oxygens (including phenoxy) is 1. The van der Waals surface area contributed by atoms with Gasteiger partial charge in [-0.1, -0.05) is 6.07 Å². The molecule has 8 nitrogen and oxygen atoms in total. The van der Waals surface area contributed by atoms with Crippen molar-refractivity contribution in [2.75, 3.05) is 23.3 Å². The topological polar surface area (TPSA) is 81.0 Å². The van der Waals surface area contributed by atoms with Crippen molar-refractivity contribution < 1.29 is 22.3 Å². The zero-order valence-corrected chi connectivity index (χ0v) is 18.3. The summed E-state index contributed by atoms with van der Waals surface area (Å²) in [5.41, 5.74) is 0.892. The fourth-order valence-electron chi connectivity index (χ4n) is 4.78. The Kier molecular flexibility index (Phi) is 5.74. The van der Waals surface area contributed by atoms with E-state index >= 15 is 0 Å². The maximum atomic E-state index is 13.5. The molecule has 0 amide bonds. The number of benzene rings is 1. The second-order valence-corrected chi connectivity index (χ2v) is 8.74. The third kappa shape index (κ3) is 4.90. The van der Waals surface area contributed by atoms with E-state index in [4.69, 9.17) is 4.74 Å². The van der Waals surface area contributed by atoms with E-state index in [1.807, 2.05) is 13.0 Å². The van der Waals surface area contributed by atoms with Gasteiger partial charge in [0.05, 0.1) is 0 Å². The molecule has 1 aliphatic carbocycles. The molecule has 0 spiro atoms. The second kappa shape index (κ2) is 8.73. The highest BCUT2D eigenvalue weighted by molar-refractivity contribution is 5.42. The third-order valence-corrected chi connectivity index (χ3v) is 6.21. The van der Waals surface area contributed by atoms with Crippen molar-refractivity contribution >= 4 is 11.8 Å². The highest BCUT2D eigenvalue weighted by atomic mass is 19.4. The first-order valence-corrected chi connectivity index (χ1v) is 11.0. The standard InChI is InChI=1S/C22H23F4N7O/c1-13-7-18(28-12-27-13)32-9-14-5-6-15(10-32)19(14)29-20-30-21(33(31-20)11-22(24,25)26)34-17-4-2-3-16(23)8-17/h2-4,7-8,12,14-15,19H,5-6,9-11H2,1H3,(H,29,31)/t14-,15+,19?. The summed E-state index contributed by atoms with van der Waals surface area (Å²) < 4.78 is 58.9. The Morgan fingerprint density at radius 1 is 1.12 bits per heavy atom. The number of halogens is 4. The van der Waals surface area contributed by atoms with Crippen molar-refractivity contribution in [3.63, 3.8) is 0 Å². The number of hydrogen-bond donors (Lipinski definition) is 1. The normalized spacial score (nSPS) is 22.1. The van der Waals surface area contributed by atoms with E-state index < -0.39 is 18.5 Å². The van der Waals surface area contributed by atoms with E-state index in [9.17, 15) is 17.6 Å². The maximum absolute atomic E-state index is 13.5. The molecular weight excluding hydrogens is 454 g/mol. The lowest BCUT2D eigenvalue weighted by molar-refractivity contribution is -0.143. The molecule has 1 unspecified atom stereocenters. The van der Waals surface area contributed by atoms with E-state index in [0.717, 1.165) is 43.5 Å². The molecule has 2 aliphatic rings. The molecule has 2 aromatic heterocycles. The number of aryl methyl sites for hydroxylation is 1. The maximum Gasteiger partial charge on any atom is 0.408 e. The van der Waals surface area contributed by atoms with Crippen LogP contribution in [0.15, 0.2) is 36.7 Å². The molecule has 12 heteroatoms. The lowest BCUT2D eigenvalue weighted by atomic mass is 9.92. The summed E-state index contributed by atoms with van der Waals surface area (Å²) in [6.07, 6.45) is -1.00. The Hall–Kier alpha value is -3.44. The summed E-state index contributed by atoms with van der Waals surface area (Å²) in [6.45, 7) is 2.08. The molecule has 3 atom stereocenters. The number of nitrogens with one attached hydrogen (secondary N) is 1. The molecule has 1 N–H and O–H groups in total. The van der Waals surface area contributed by atoms with E-state index in [1.165, 1.54) is 18.2 Å². The van der Waals surface area contributed by atoms with Crippen molar-refractivity contribution in [3.8, 4) is 11.8 Å². The first-order chi connectivity index (χ1) is 16.2. The molecule has 34 heavy (non-hydrogen) atoms. The zero-order valence-electron chi connectivity index (χ0n) is 18.3. The number of aromatic nitrogens is 5. The van der Waals surface area contributed by atoms with E-state index in [-0.39, 0.29) is 35.6 Å². The minimum atomic E-state index is -4.52. The molecule has 1 saturated heterocycles. The van der Waals surface area contributed by atoms with Gasteiger partial charge in [-0.25, -0.2) is 19.0 Å². The fraction of sp³-hybridized carbons (Fsp3) is 0.455. The van der Waals surface area contributed by atoms with Gasteiger partial charge in [-0.2, -0.15) is 18.2 Å². The average molecular weight is 477 g/mol. The number of nitrogens with zero attached hydrogens (tertiary/aromatic N) is 6. The van der Waals surface area contributed by atoms with Gasteiger partial charge in [0, 0.05) is 37.0 Å². The molecule has 0 radical (unpaired) electrons. The molecule has 3 heterocycles. The highest BCUT2D eigenvalue weighted by Crippen LogP contribution is 2.40. The largest absolute Gasteiger partial charge is 0.424 e. The van der Waals surface area contributed by atoms with E-state index in [0.29, 0.717) is 4.68 Å². The van der Waals surface area contributed by atoms with Crippen LogP contribution in [0.5, 0.6) is 11.8 Å². The van der Waals surface area contributed by atoms with Gasteiger partial charge in [0.25, 0.3) is 0 Å². The van der Waals surface area contributed by atoms with Crippen LogP contribution < -0.4 is 15.0 Å². The summed E-state index contributed by atoms with van der Waals surface area (Å²) in [7, 11) is 0. The number of fused-ring (bicyclic) bond motifs is 2. The van der Waals surface area contributed by atoms with Gasteiger partial charge in [0.15, 0.2) is 0 Å². The summed E-state index contributed by atoms with van der Waals surface area (Å²) in [6, 6.07) is 6.74. The average Bonchev–Trinajstić information content (AvgIpc) is 3.21. The van der Waals surface area contributed by atoms with Crippen LogP contribution in [0.2, 0.25) is 0 Å². The van der Waals surface area contributed by atoms with Crippen molar-refractivity contribution in [2.24, 2.45) is 11.8 Å². The summed E-state index contributed by atoms with van der Waals surface area (Å²) in [5.74, 6) is 0.924. The van der Waals surface area contributed by atoms with Gasteiger partial charge >= 0.3 is 12.2 Å². The predicted molar refractivity (Wildman–Crippen MR) is 115 cm³/mol. The minimum absolute atomic E-state index is 0.0166. The molecule has 2 fully saturated rings. The lowest BCUT2D eigenvalue weighted by Crippen LogP contribution is -2.48. The van der Waals surface area contributed by atoms with Crippen LogP contribution in [-0.2, 0) is 6.54 Å². The van der Waals surface area contributed by atoms with Crippen LogP contribution in [0.25, 0.3) is 0 Å². The predicted octanol–water partition coefficient (Wildman–Crippen LogP) is 4.20. The minimum Gasteiger partial charge on any atom is -0.424 e. The molecule has 1 saturated carbocycles. The van der Waals surface area contributed by atoms with Crippen LogP contribution >= 0.6 is 0 Å². The number of anilines is 2. The highest BCUT2D eigenvalue weighted by Gasteiger charge is 2.43. The third-order valence-electron chi connectivity index (χ3n) is 6.21. The van der Waals surface area contributed by atoms with Crippen LogP contribution in [-0.4, -0.2) is 50.0 Å². The SMILES string of the molecule is Cc1cc(N2C[C@H]3CC[C@@H](C2)C3Nc2nc(Oc3cccc(F)c3)n(CC(F)(F)F)n2)ncn1. The van der Waals surface area contributed by atoms with Gasteiger partial charge in [-0.05, 0) is 43.7 Å². The Morgan fingerprint density at radius 3 is 2.56 bits per heavy atom. The Bertz CT molecular complexity index is 1150. The smallest absolute Gasteiger partial charge is 0.408 e. The Labute approximate surface area is 193 Å². The van der Waals surface area contributed by atoms with E-state index in [2.05, 4.69) is 30.3 Å². The molecule has 5 rings (SSSR count). The van der Waals surface area contributed by atoms with Crippen LogP contribution in [0.3, 0.4) is 0 Å². The van der Waals surface area contributed by atoms with E-state index in [1.54, 1.807) is 6.33 Å². The first kappa shape index (κ1) is 22.4. The molecule has 1 aromatic carbocycles.